The molecule has 6 nitrogen and oxygen atoms in total. The molecular weight excluding hydrogens is 382 g/mol. The fraction of sp³-hybridized carbons (Fsp3) is 0.214. The van der Waals surface area contributed by atoms with Crippen molar-refractivity contribution < 1.29 is 18.0 Å². The number of carbonyl (C=O) groups excluding carboxylic acids is 1. The lowest BCUT2D eigenvalue weighted by Crippen LogP contribution is -2.20. The van der Waals surface area contributed by atoms with Crippen molar-refractivity contribution in [2.75, 3.05) is 5.73 Å². The minimum absolute atomic E-state index is 0.0435. The Hall–Kier alpha value is -2.44. The SMILES string of the molecule is CC(C(N)=O)c1c(C#N)nn(-c2c(Cl)cc(C(F)(F)F)cc2Cl)c1N. The molecule has 0 bridgehead atoms. The number of nitrogen functional groups attached to an aromatic ring is 1. The molecule has 1 atom stereocenters. The van der Waals surface area contributed by atoms with Crippen LogP contribution in [0.3, 0.4) is 0 Å². The summed E-state index contributed by atoms with van der Waals surface area (Å²) >= 11 is 11.8. The van der Waals surface area contributed by atoms with Gasteiger partial charge < -0.3 is 11.5 Å². The van der Waals surface area contributed by atoms with Crippen LogP contribution >= 0.6 is 23.2 Å². The number of rotatable bonds is 3. The minimum atomic E-state index is -4.65. The van der Waals surface area contributed by atoms with Gasteiger partial charge in [-0.05, 0) is 19.1 Å². The van der Waals surface area contributed by atoms with Crippen molar-refractivity contribution in [1.29, 1.82) is 5.26 Å². The maximum absolute atomic E-state index is 12.8. The van der Waals surface area contributed by atoms with Gasteiger partial charge in [0, 0.05) is 5.56 Å². The number of primary amides is 1. The maximum atomic E-state index is 12.8. The van der Waals surface area contributed by atoms with Gasteiger partial charge in [0.25, 0.3) is 0 Å². The number of halogens is 5. The summed E-state index contributed by atoms with van der Waals surface area (Å²) < 4.78 is 39.4. The second-order valence-electron chi connectivity index (χ2n) is 5.08. The fourth-order valence-electron chi connectivity index (χ4n) is 2.20. The normalized spacial score (nSPS) is 12.7. The number of nitrogens with two attached hydrogens (primary N) is 2. The lowest BCUT2D eigenvalue weighted by molar-refractivity contribution is -0.137. The lowest BCUT2D eigenvalue weighted by Gasteiger charge is -2.14. The molecule has 1 amide bonds. The van der Waals surface area contributed by atoms with Crippen LogP contribution in [0.2, 0.25) is 10.0 Å². The zero-order chi connectivity index (χ0) is 19.1. The van der Waals surface area contributed by atoms with E-state index in [0.29, 0.717) is 12.1 Å². The Balaban J connectivity index is 2.73. The third-order valence-electron chi connectivity index (χ3n) is 3.48. The summed E-state index contributed by atoms with van der Waals surface area (Å²) in [4.78, 5) is 11.4. The number of hydrogen-bond acceptors (Lipinski definition) is 4. The first-order valence-corrected chi connectivity index (χ1v) is 7.39. The van der Waals surface area contributed by atoms with E-state index in [9.17, 15) is 23.2 Å². The number of benzene rings is 1. The van der Waals surface area contributed by atoms with Crippen LogP contribution in [0.25, 0.3) is 5.69 Å². The molecule has 11 heteroatoms. The molecule has 0 aliphatic heterocycles. The second kappa shape index (κ2) is 6.46. The molecule has 0 aliphatic rings. The Labute approximate surface area is 149 Å². The molecule has 0 saturated heterocycles. The van der Waals surface area contributed by atoms with Crippen molar-refractivity contribution in [1.82, 2.24) is 9.78 Å². The van der Waals surface area contributed by atoms with E-state index in [-0.39, 0.29) is 32.8 Å². The number of alkyl halides is 3. The Morgan fingerprint density at radius 1 is 1.36 bits per heavy atom. The average Bonchev–Trinajstić information content (AvgIpc) is 2.81. The monoisotopic (exact) mass is 391 g/mol. The smallest absolute Gasteiger partial charge is 0.383 e. The van der Waals surface area contributed by atoms with Gasteiger partial charge in [-0.2, -0.15) is 23.5 Å². The third-order valence-corrected chi connectivity index (χ3v) is 4.06. The molecule has 0 saturated carbocycles. The predicted octanol–water partition coefficient (Wildman–Crippen LogP) is 3.24. The number of anilines is 1. The van der Waals surface area contributed by atoms with Crippen LogP contribution in [0.15, 0.2) is 12.1 Å². The molecule has 1 aromatic heterocycles. The molecule has 2 aromatic rings. The minimum Gasteiger partial charge on any atom is -0.383 e. The molecule has 0 spiro atoms. The van der Waals surface area contributed by atoms with Gasteiger partial charge in [0.2, 0.25) is 5.91 Å². The maximum Gasteiger partial charge on any atom is 0.416 e. The molecule has 1 unspecified atom stereocenters. The van der Waals surface area contributed by atoms with Gasteiger partial charge in [0.05, 0.1) is 21.5 Å². The number of aromatic nitrogens is 2. The molecule has 0 radical (unpaired) electrons. The summed E-state index contributed by atoms with van der Waals surface area (Å²) in [5.41, 5.74) is 9.77. The van der Waals surface area contributed by atoms with E-state index >= 15 is 0 Å². The highest BCUT2D eigenvalue weighted by Gasteiger charge is 2.33. The third kappa shape index (κ3) is 3.36. The Kier molecular flexibility index (Phi) is 4.88. The quantitative estimate of drug-likeness (QED) is 0.835. The number of nitrogens with zero attached hydrogens (tertiary/aromatic N) is 3. The van der Waals surface area contributed by atoms with E-state index in [2.05, 4.69) is 5.10 Å². The van der Waals surface area contributed by atoms with Crippen molar-refractivity contribution in [2.24, 2.45) is 5.73 Å². The molecule has 132 valence electrons. The van der Waals surface area contributed by atoms with Crippen LogP contribution < -0.4 is 11.5 Å². The summed E-state index contributed by atoms with van der Waals surface area (Å²) in [6.07, 6.45) is -4.65. The largest absolute Gasteiger partial charge is 0.416 e. The van der Waals surface area contributed by atoms with E-state index in [1.807, 2.05) is 0 Å². The van der Waals surface area contributed by atoms with Crippen molar-refractivity contribution in [3.05, 3.63) is 39.0 Å². The summed E-state index contributed by atoms with van der Waals surface area (Å²) in [5, 5.41) is 12.3. The van der Waals surface area contributed by atoms with Gasteiger partial charge in [-0.1, -0.05) is 23.2 Å². The molecule has 1 heterocycles. The van der Waals surface area contributed by atoms with Crippen LogP contribution in [0.5, 0.6) is 0 Å². The van der Waals surface area contributed by atoms with Crippen LogP contribution in [0.1, 0.15) is 29.7 Å². The summed E-state index contributed by atoms with van der Waals surface area (Å²) in [6, 6.07) is 3.07. The fourth-order valence-corrected chi connectivity index (χ4v) is 2.84. The van der Waals surface area contributed by atoms with Gasteiger partial charge in [-0.25, -0.2) is 4.68 Å². The number of carbonyl (C=O) groups is 1. The van der Waals surface area contributed by atoms with Gasteiger partial charge in [-0.3, -0.25) is 4.79 Å². The van der Waals surface area contributed by atoms with Crippen molar-refractivity contribution in [2.45, 2.75) is 19.0 Å². The van der Waals surface area contributed by atoms with E-state index in [0.717, 1.165) is 4.68 Å². The molecular formula is C14H10Cl2F3N5O. The summed E-state index contributed by atoms with van der Waals surface area (Å²) in [7, 11) is 0. The molecule has 2 rings (SSSR count). The first kappa shape index (κ1) is 18.9. The Morgan fingerprint density at radius 3 is 2.28 bits per heavy atom. The van der Waals surface area contributed by atoms with E-state index in [1.54, 1.807) is 6.07 Å². The van der Waals surface area contributed by atoms with E-state index in [4.69, 9.17) is 34.7 Å². The molecule has 0 fully saturated rings. The zero-order valence-corrected chi connectivity index (χ0v) is 14.0. The predicted molar refractivity (Wildman–Crippen MR) is 85.3 cm³/mol. The van der Waals surface area contributed by atoms with E-state index < -0.39 is 23.6 Å². The molecule has 1 aromatic carbocycles. The zero-order valence-electron chi connectivity index (χ0n) is 12.5. The number of amides is 1. The van der Waals surface area contributed by atoms with Crippen molar-refractivity contribution in [3.8, 4) is 11.8 Å². The van der Waals surface area contributed by atoms with Gasteiger partial charge >= 0.3 is 6.18 Å². The Bertz CT molecular complexity index is 878. The van der Waals surface area contributed by atoms with Crippen LogP contribution in [0, 0.1) is 11.3 Å². The van der Waals surface area contributed by atoms with Crippen LogP contribution in [-0.4, -0.2) is 15.7 Å². The second-order valence-corrected chi connectivity index (χ2v) is 5.90. The first-order valence-electron chi connectivity index (χ1n) is 6.63. The summed E-state index contributed by atoms with van der Waals surface area (Å²) in [5.74, 6) is -1.88. The lowest BCUT2D eigenvalue weighted by atomic mass is 10.0. The standard InChI is InChI=1S/C14H10Cl2F3N5O/c1-5(13(22)25)10-9(4-20)23-24(12(10)21)11-7(15)2-6(3-8(11)16)14(17,18)19/h2-3,5H,21H2,1H3,(H2,22,25). The molecule has 0 aliphatic carbocycles. The molecule has 4 N–H and O–H groups in total. The van der Waals surface area contributed by atoms with Crippen LogP contribution in [0.4, 0.5) is 19.0 Å². The summed E-state index contributed by atoms with van der Waals surface area (Å²) in [6.45, 7) is 1.41. The first-order chi connectivity index (χ1) is 11.5. The topological polar surface area (TPSA) is 111 Å². The van der Waals surface area contributed by atoms with Gasteiger partial charge in [-0.15, -0.1) is 0 Å². The van der Waals surface area contributed by atoms with Gasteiger partial charge in [0.1, 0.15) is 17.6 Å². The highest BCUT2D eigenvalue weighted by atomic mass is 35.5. The van der Waals surface area contributed by atoms with Crippen molar-refractivity contribution in [3.63, 3.8) is 0 Å². The number of nitriles is 1. The van der Waals surface area contributed by atoms with Crippen molar-refractivity contribution >= 4 is 34.9 Å². The highest BCUT2D eigenvalue weighted by molar-refractivity contribution is 6.38. The highest BCUT2D eigenvalue weighted by Crippen LogP contribution is 2.39. The van der Waals surface area contributed by atoms with E-state index in [1.165, 1.54) is 6.92 Å². The van der Waals surface area contributed by atoms with Gasteiger partial charge in [0.15, 0.2) is 5.69 Å². The molecule has 25 heavy (non-hydrogen) atoms. The van der Waals surface area contributed by atoms with Crippen LogP contribution in [-0.2, 0) is 11.0 Å². The average molecular weight is 392 g/mol. The Morgan fingerprint density at radius 2 is 1.88 bits per heavy atom. The number of hydrogen-bond donors (Lipinski definition) is 2.